The molecule has 6 heteroatoms. The number of hydrogen-bond donors (Lipinski definition) is 2. The predicted molar refractivity (Wildman–Crippen MR) is 95.6 cm³/mol. The van der Waals surface area contributed by atoms with Gasteiger partial charge < -0.3 is 15.0 Å². The van der Waals surface area contributed by atoms with E-state index in [-0.39, 0.29) is 12.1 Å². The fourth-order valence-corrected chi connectivity index (χ4v) is 3.19. The van der Waals surface area contributed by atoms with Crippen molar-refractivity contribution in [3.63, 3.8) is 0 Å². The second kappa shape index (κ2) is 5.98. The zero-order valence-corrected chi connectivity index (χ0v) is 14.0. The zero-order chi connectivity index (χ0) is 17.4. The van der Waals surface area contributed by atoms with Crippen LogP contribution in [0.5, 0.6) is 5.75 Å². The summed E-state index contributed by atoms with van der Waals surface area (Å²) in [5.41, 5.74) is 4.35. The third-order valence-electron chi connectivity index (χ3n) is 4.53. The van der Waals surface area contributed by atoms with Crippen LogP contribution in [0, 0.1) is 0 Å². The van der Waals surface area contributed by atoms with Gasteiger partial charge in [0.15, 0.2) is 0 Å². The number of para-hydroxylation sites is 1. The number of aromatic nitrogens is 2. The quantitative estimate of drug-likeness (QED) is 0.772. The Labute approximate surface area is 145 Å². The summed E-state index contributed by atoms with van der Waals surface area (Å²) in [7, 11) is 3.61. The zero-order valence-electron chi connectivity index (χ0n) is 14.0. The second-order valence-corrected chi connectivity index (χ2v) is 5.93. The number of nitrogens with one attached hydrogen (secondary N) is 2. The number of amides is 1. The smallest absolute Gasteiger partial charge is 0.255 e. The number of benzene rings is 2. The molecule has 4 rings (SSSR count). The van der Waals surface area contributed by atoms with Gasteiger partial charge in [-0.1, -0.05) is 12.1 Å². The molecule has 0 radical (unpaired) electrons. The highest BCUT2D eigenvalue weighted by atomic mass is 16.5. The number of fused-ring (bicyclic) bond motifs is 1. The van der Waals surface area contributed by atoms with Gasteiger partial charge in [0.2, 0.25) is 0 Å². The second-order valence-electron chi connectivity index (χ2n) is 5.93. The Morgan fingerprint density at radius 2 is 1.88 bits per heavy atom. The van der Waals surface area contributed by atoms with Crippen LogP contribution in [0.3, 0.4) is 0 Å². The minimum absolute atomic E-state index is 0.0828. The van der Waals surface area contributed by atoms with Crippen LogP contribution in [0.4, 0.5) is 5.69 Å². The van der Waals surface area contributed by atoms with Crippen LogP contribution in [-0.2, 0) is 0 Å². The predicted octanol–water partition coefficient (Wildman–Crippen LogP) is 2.96. The van der Waals surface area contributed by atoms with E-state index in [1.165, 1.54) is 0 Å². The van der Waals surface area contributed by atoms with E-state index in [4.69, 9.17) is 4.74 Å². The lowest BCUT2D eigenvalue weighted by molar-refractivity contribution is 0.0928. The average molecular weight is 334 g/mol. The molecule has 1 amide bonds. The number of H-pyrrole nitrogens is 1. The van der Waals surface area contributed by atoms with E-state index in [1.54, 1.807) is 13.3 Å². The van der Waals surface area contributed by atoms with Crippen molar-refractivity contribution in [3.05, 3.63) is 65.9 Å². The van der Waals surface area contributed by atoms with Crippen molar-refractivity contribution in [1.82, 2.24) is 15.5 Å². The van der Waals surface area contributed by atoms with Gasteiger partial charge in [0.05, 0.1) is 30.3 Å². The van der Waals surface area contributed by atoms with Gasteiger partial charge in [-0.2, -0.15) is 5.10 Å². The van der Waals surface area contributed by atoms with Crippen LogP contribution in [0.2, 0.25) is 0 Å². The first-order valence-corrected chi connectivity index (χ1v) is 7.99. The fraction of sp³-hybridized carbons (Fsp3) is 0.158. The van der Waals surface area contributed by atoms with Crippen LogP contribution >= 0.6 is 0 Å². The van der Waals surface area contributed by atoms with Gasteiger partial charge in [-0.25, -0.2) is 0 Å². The molecule has 0 saturated heterocycles. The molecule has 126 valence electrons. The number of rotatable bonds is 3. The lowest BCUT2D eigenvalue weighted by Crippen LogP contribution is -2.44. The third-order valence-corrected chi connectivity index (χ3v) is 4.53. The van der Waals surface area contributed by atoms with Gasteiger partial charge in [0.1, 0.15) is 11.9 Å². The Balaban J connectivity index is 1.74. The van der Waals surface area contributed by atoms with Gasteiger partial charge in [0, 0.05) is 18.2 Å². The Morgan fingerprint density at radius 3 is 2.64 bits per heavy atom. The molecule has 0 fully saturated rings. The van der Waals surface area contributed by atoms with Gasteiger partial charge in [-0.3, -0.25) is 9.89 Å². The van der Waals surface area contributed by atoms with Crippen LogP contribution < -0.4 is 15.0 Å². The van der Waals surface area contributed by atoms with E-state index in [1.807, 2.05) is 55.6 Å². The maximum absolute atomic E-state index is 12.5. The SMILES string of the molecule is COc1ccc(-c2[nH]ncc2[C@H]2NC(=O)c3ccccc3N2C)cc1. The summed E-state index contributed by atoms with van der Waals surface area (Å²) in [6, 6.07) is 15.3. The summed E-state index contributed by atoms with van der Waals surface area (Å²) >= 11 is 0. The standard InChI is InChI=1S/C19H18N4O2/c1-23-16-6-4-3-5-14(16)19(24)21-18(23)15-11-20-22-17(15)12-7-9-13(25-2)10-8-12/h3-11,18H,1-2H3,(H,20,22)(H,21,24)/t18-/m0/s1. The summed E-state index contributed by atoms with van der Waals surface area (Å²) in [5.74, 6) is 0.711. The van der Waals surface area contributed by atoms with Crippen molar-refractivity contribution in [2.24, 2.45) is 0 Å². The molecule has 2 heterocycles. The molecule has 2 aromatic carbocycles. The minimum Gasteiger partial charge on any atom is -0.497 e. The Morgan fingerprint density at radius 1 is 1.12 bits per heavy atom. The highest BCUT2D eigenvalue weighted by Gasteiger charge is 2.31. The average Bonchev–Trinajstić information content (AvgIpc) is 3.14. The van der Waals surface area contributed by atoms with Crippen molar-refractivity contribution in [2.75, 3.05) is 19.1 Å². The summed E-state index contributed by atoms with van der Waals surface area (Å²) in [6.07, 6.45) is 1.47. The first-order valence-electron chi connectivity index (χ1n) is 7.99. The maximum atomic E-state index is 12.5. The summed E-state index contributed by atoms with van der Waals surface area (Å²) < 4.78 is 5.21. The number of nitrogens with zero attached hydrogens (tertiary/aromatic N) is 2. The number of carbonyl (C=O) groups is 1. The number of anilines is 1. The molecule has 1 atom stereocenters. The highest BCUT2D eigenvalue weighted by Crippen LogP contribution is 2.35. The largest absolute Gasteiger partial charge is 0.497 e. The van der Waals surface area contributed by atoms with Crippen LogP contribution in [0.1, 0.15) is 22.1 Å². The summed E-state index contributed by atoms with van der Waals surface area (Å²) in [5, 5.41) is 10.3. The van der Waals surface area contributed by atoms with Crippen LogP contribution in [0.25, 0.3) is 11.3 Å². The summed E-state index contributed by atoms with van der Waals surface area (Å²) in [6.45, 7) is 0. The monoisotopic (exact) mass is 334 g/mol. The molecule has 2 N–H and O–H groups in total. The molecule has 1 aromatic heterocycles. The first kappa shape index (κ1) is 15.3. The molecule has 25 heavy (non-hydrogen) atoms. The van der Waals surface area contributed by atoms with Crippen LogP contribution in [0.15, 0.2) is 54.7 Å². The minimum atomic E-state index is -0.293. The molecular weight excluding hydrogens is 316 g/mol. The normalized spacial score (nSPS) is 16.3. The third kappa shape index (κ3) is 2.52. The van der Waals surface area contributed by atoms with E-state index < -0.39 is 0 Å². The van der Waals surface area contributed by atoms with Crippen molar-refractivity contribution in [2.45, 2.75) is 6.17 Å². The Bertz CT molecular complexity index is 917. The van der Waals surface area contributed by atoms with Gasteiger partial charge >= 0.3 is 0 Å². The van der Waals surface area contributed by atoms with E-state index in [0.717, 1.165) is 28.3 Å². The molecule has 6 nitrogen and oxygen atoms in total. The molecule has 0 saturated carbocycles. The molecule has 1 aliphatic heterocycles. The van der Waals surface area contributed by atoms with E-state index >= 15 is 0 Å². The molecule has 0 bridgehead atoms. The molecular formula is C19H18N4O2. The number of ether oxygens (including phenoxy) is 1. The van der Waals surface area contributed by atoms with E-state index in [0.29, 0.717) is 5.56 Å². The lowest BCUT2D eigenvalue weighted by Gasteiger charge is -2.36. The molecule has 0 aliphatic carbocycles. The summed E-state index contributed by atoms with van der Waals surface area (Å²) in [4.78, 5) is 14.5. The van der Waals surface area contributed by atoms with Gasteiger partial charge in [-0.15, -0.1) is 0 Å². The lowest BCUT2D eigenvalue weighted by atomic mass is 10.0. The van der Waals surface area contributed by atoms with Crippen LogP contribution in [-0.4, -0.2) is 30.3 Å². The van der Waals surface area contributed by atoms with E-state index in [2.05, 4.69) is 20.4 Å². The number of carbonyl (C=O) groups excluding carboxylic acids is 1. The fourth-order valence-electron chi connectivity index (χ4n) is 3.19. The van der Waals surface area contributed by atoms with Crippen molar-refractivity contribution in [3.8, 4) is 17.0 Å². The number of methoxy groups -OCH3 is 1. The van der Waals surface area contributed by atoms with E-state index in [9.17, 15) is 4.79 Å². The molecule has 3 aromatic rings. The molecule has 0 spiro atoms. The van der Waals surface area contributed by atoms with Crippen molar-refractivity contribution >= 4 is 11.6 Å². The van der Waals surface area contributed by atoms with Gasteiger partial charge in [0.25, 0.3) is 5.91 Å². The Kier molecular flexibility index (Phi) is 3.65. The van der Waals surface area contributed by atoms with Crippen molar-refractivity contribution < 1.29 is 9.53 Å². The van der Waals surface area contributed by atoms with Gasteiger partial charge in [-0.05, 0) is 36.4 Å². The molecule has 1 aliphatic rings. The number of hydrogen-bond acceptors (Lipinski definition) is 4. The highest BCUT2D eigenvalue weighted by molar-refractivity contribution is 6.02. The maximum Gasteiger partial charge on any atom is 0.255 e. The number of aromatic amines is 1. The van der Waals surface area contributed by atoms with Crippen molar-refractivity contribution in [1.29, 1.82) is 0 Å². The molecule has 0 unspecified atom stereocenters. The Hall–Kier alpha value is -3.28. The topological polar surface area (TPSA) is 70.2 Å². The first-order chi connectivity index (χ1) is 12.2.